The minimum atomic E-state index is -0.483. The molecule has 0 aliphatic rings. The van der Waals surface area contributed by atoms with Crippen LogP contribution in [0.4, 0.5) is 0 Å². The molecule has 0 saturated heterocycles. The lowest BCUT2D eigenvalue weighted by Crippen LogP contribution is -2.25. The van der Waals surface area contributed by atoms with Crippen LogP contribution in [-0.4, -0.2) is 25.1 Å². The van der Waals surface area contributed by atoms with E-state index in [1.165, 1.54) is 45.3 Å². The van der Waals surface area contributed by atoms with Gasteiger partial charge in [-0.05, 0) is 48.5 Å². The van der Waals surface area contributed by atoms with Crippen molar-refractivity contribution in [2.75, 3.05) is 13.2 Å². The van der Waals surface area contributed by atoms with Crippen LogP contribution < -0.4 is 28.3 Å². The Morgan fingerprint density at radius 3 is 1.41 bits per heavy atom. The fourth-order valence-electron chi connectivity index (χ4n) is 2.75. The van der Waals surface area contributed by atoms with E-state index in [0.29, 0.717) is 22.3 Å². The number of thiophene rings is 4. The molecule has 4 aromatic heterocycles. The van der Waals surface area contributed by atoms with Crippen molar-refractivity contribution in [2.24, 2.45) is 0 Å². The maximum absolute atomic E-state index is 12.8. The Morgan fingerprint density at radius 2 is 1.00 bits per heavy atom. The Bertz CT molecular complexity index is 1620. The van der Waals surface area contributed by atoms with Crippen molar-refractivity contribution in [2.45, 2.75) is 13.8 Å². The highest BCUT2D eigenvalue weighted by Crippen LogP contribution is 2.07. The van der Waals surface area contributed by atoms with Gasteiger partial charge in [0.05, 0.1) is 0 Å². The first-order valence-electron chi connectivity index (χ1n) is 9.83. The van der Waals surface area contributed by atoms with E-state index in [2.05, 4.69) is 11.9 Å². The molecule has 8 heteroatoms. The highest BCUT2D eigenvalue weighted by atomic mass is 32.1. The van der Waals surface area contributed by atoms with E-state index < -0.39 is 11.5 Å². The summed E-state index contributed by atoms with van der Waals surface area (Å²) in [5, 5.41) is 25.6. The summed E-state index contributed by atoms with van der Waals surface area (Å²) in [6.45, 7) is 4.94. The van der Waals surface area contributed by atoms with Gasteiger partial charge in [-0.1, -0.05) is 11.5 Å². The molecule has 4 nitrogen and oxygen atoms in total. The van der Waals surface area contributed by atoms with E-state index >= 15 is 0 Å². The SMILES string of the molecule is CC[O+]=C=c1ccc(=c2ccc(=C([O-])C([O-])=c3ccc(=c4ccc(=C=[O+]CC)s4)s3)s2)s1. The molecule has 0 radical (unpaired) electrons. The molecule has 0 unspecified atom stereocenters. The fraction of sp³-hybridized carbons (Fsp3) is 0.167. The minimum absolute atomic E-state index is 0.437. The summed E-state index contributed by atoms with van der Waals surface area (Å²) in [7, 11) is 0. The highest BCUT2D eigenvalue weighted by molar-refractivity contribution is 7.12. The van der Waals surface area contributed by atoms with Crippen LogP contribution >= 0.6 is 45.3 Å². The van der Waals surface area contributed by atoms with Gasteiger partial charge in [-0.3, -0.25) is 0 Å². The van der Waals surface area contributed by atoms with Crippen LogP contribution in [0.3, 0.4) is 0 Å². The van der Waals surface area contributed by atoms with Gasteiger partial charge in [-0.25, -0.2) is 8.85 Å². The molecule has 0 fully saturated rings. The molecule has 0 saturated carbocycles. The standard InChI is InChI=1S/C24H18O4S4/c1-3-27-13-15-5-7-17(29-15)19-9-11-21(31-19)23(25)24(26)22-12-10-20(32-22)18-8-6-16(30-18)14-28-4-2/h5-12H,3-4H2,1-2H3. The largest absolute Gasteiger partial charge is 0.872 e. The molecule has 0 bridgehead atoms. The second-order valence-electron chi connectivity index (χ2n) is 6.38. The summed E-state index contributed by atoms with van der Waals surface area (Å²) >= 11 is 5.71. The van der Waals surface area contributed by atoms with Crippen molar-refractivity contribution in [1.82, 2.24) is 0 Å². The van der Waals surface area contributed by atoms with Crippen LogP contribution in [0, 0.1) is 18.1 Å². The van der Waals surface area contributed by atoms with E-state index in [1.54, 1.807) is 12.1 Å². The van der Waals surface area contributed by atoms with E-state index in [1.807, 2.05) is 50.2 Å². The van der Waals surface area contributed by atoms with Crippen LogP contribution in [0.15, 0.2) is 48.5 Å². The summed E-state index contributed by atoms with van der Waals surface area (Å²) in [6.07, 6.45) is 0. The molecular formula is C24H18O4S4. The highest BCUT2D eigenvalue weighted by Gasteiger charge is 1.96. The molecule has 32 heavy (non-hydrogen) atoms. The van der Waals surface area contributed by atoms with Crippen molar-refractivity contribution < 1.29 is 19.1 Å². The molecule has 0 N–H and O–H groups in total. The Hall–Kier alpha value is -2.70. The molecule has 0 amide bonds. The molecule has 0 aliphatic carbocycles. The molecule has 0 aromatic carbocycles. The average molecular weight is 499 g/mol. The third kappa shape index (κ3) is 5.03. The van der Waals surface area contributed by atoms with Crippen molar-refractivity contribution in [3.8, 4) is 0 Å². The zero-order chi connectivity index (χ0) is 22.5. The minimum Gasteiger partial charge on any atom is -0.872 e. The van der Waals surface area contributed by atoms with Gasteiger partial charge >= 0.3 is 11.9 Å². The average Bonchev–Trinajstić information content (AvgIpc) is 3.61. The van der Waals surface area contributed by atoms with E-state index in [-0.39, 0.29) is 0 Å². The van der Waals surface area contributed by atoms with E-state index in [9.17, 15) is 10.2 Å². The van der Waals surface area contributed by atoms with Gasteiger partial charge in [-0.2, -0.15) is 0 Å². The molecule has 162 valence electrons. The number of hydrogen-bond acceptors (Lipinski definition) is 6. The molecule has 0 spiro atoms. The van der Waals surface area contributed by atoms with Gasteiger partial charge in [0.15, 0.2) is 9.06 Å². The smallest absolute Gasteiger partial charge is 0.363 e. The molecule has 0 aliphatic heterocycles. The van der Waals surface area contributed by atoms with E-state index in [4.69, 9.17) is 8.85 Å². The summed E-state index contributed by atoms with van der Waals surface area (Å²) in [5.41, 5.74) is 0. The first-order valence-corrected chi connectivity index (χ1v) is 13.1. The van der Waals surface area contributed by atoms with Crippen LogP contribution in [0.5, 0.6) is 0 Å². The molecule has 4 aromatic rings. The van der Waals surface area contributed by atoms with Crippen molar-refractivity contribution >= 4 is 68.7 Å². The Kier molecular flexibility index (Phi) is 7.22. The topological polar surface area (TPSA) is 68.7 Å². The zero-order valence-corrected chi connectivity index (χ0v) is 20.6. The van der Waals surface area contributed by atoms with Gasteiger partial charge in [0.2, 0.25) is 0 Å². The molecule has 4 heterocycles. The van der Waals surface area contributed by atoms with Gasteiger partial charge in [0.25, 0.3) is 13.2 Å². The summed E-state index contributed by atoms with van der Waals surface area (Å²) < 4.78 is 17.0. The van der Waals surface area contributed by atoms with Crippen LogP contribution in [-0.2, 0) is 8.85 Å². The molecule has 4 rings (SSSR count). The maximum atomic E-state index is 12.8. The van der Waals surface area contributed by atoms with Crippen molar-refractivity contribution in [1.29, 1.82) is 0 Å². The van der Waals surface area contributed by atoms with Gasteiger partial charge < -0.3 is 10.2 Å². The fourth-order valence-corrected chi connectivity index (χ4v) is 6.53. The maximum Gasteiger partial charge on any atom is 0.363 e. The van der Waals surface area contributed by atoms with Crippen LogP contribution in [0.1, 0.15) is 13.8 Å². The predicted octanol–water partition coefficient (Wildman–Crippen LogP) is 0.261. The van der Waals surface area contributed by atoms with Gasteiger partial charge in [0, 0.05) is 41.0 Å². The molecular weight excluding hydrogens is 481 g/mol. The second kappa shape index (κ2) is 10.3. The van der Waals surface area contributed by atoms with Crippen LogP contribution in [0.2, 0.25) is 0 Å². The first-order chi connectivity index (χ1) is 15.6. The second-order valence-corrected chi connectivity index (χ2v) is 10.7. The molecule has 0 atom stereocenters. The van der Waals surface area contributed by atoms with Crippen molar-refractivity contribution in [3.05, 3.63) is 84.8 Å². The summed E-state index contributed by atoms with van der Waals surface area (Å²) in [6, 6.07) is 15.0. The zero-order valence-electron chi connectivity index (χ0n) is 17.3. The van der Waals surface area contributed by atoms with Crippen molar-refractivity contribution in [3.63, 3.8) is 0 Å². The Labute approximate surface area is 198 Å². The lowest BCUT2D eigenvalue weighted by molar-refractivity contribution is -0.291. The monoisotopic (exact) mass is 498 g/mol. The number of carbonyl (C=O) groups excluding carboxylic acids is 2. The lowest BCUT2D eigenvalue weighted by Gasteiger charge is -2.19. The third-order valence-electron chi connectivity index (χ3n) is 4.20. The first kappa shape index (κ1) is 22.5. The van der Waals surface area contributed by atoms with Crippen LogP contribution in [0.25, 0.3) is 11.5 Å². The third-order valence-corrected chi connectivity index (χ3v) is 8.72. The van der Waals surface area contributed by atoms with E-state index in [0.717, 1.165) is 27.2 Å². The summed E-state index contributed by atoms with van der Waals surface area (Å²) in [5.74, 6) is 4.78. The predicted molar refractivity (Wildman–Crippen MR) is 129 cm³/mol. The Morgan fingerprint density at radius 1 is 0.625 bits per heavy atom. The number of hydrogen-bond donors (Lipinski definition) is 0. The number of rotatable bonds is 3. The quantitative estimate of drug-likeness (QED) is 0.381. The summed E-state index contributed by atoms with van der Waals surface area (Å²) in [4.78, 5) is 0. The van der Waals surface area contributed by atoms with Gasteiger partial charge in [0.1, 0.15) is 0 Å². The normalized spacial score (nSPS) is 14.9. The lowest BCUT2D eigenvalue weighted by atomic mass is 10.3. The Balaban J connectivity index is 1.84. The van der Waals surface area contributed by atoms with Gasteiger partial charge in [-0.15, -0.1) is 45.3 Å².